The van der Waals surface area contributed by atoms with E-state index in [9.17, 15) is 10.1 Å². The minimum atomic E-state index is -0.0987. The van der Waals surface area contributed by atoms with Crippen LogP contribution >= 0.6 is 11.3 Å². The molecule has 1 amide bonds. The van der Waals surface area contributed by atoms with Crippen LogP contribution in [0.3, 0.4) is 0 Å². The SMILES string of the molecule is CCNCC(C)C(=O)Nc1sc2c(c1C#N)CCCCC2. The number of carbonyl (C=O) groups excluding carboxylic acids is 1. The van der Waals surface area contributed by atoms with Crippen molar-refractivity contribution in [3.05, 3.63) is 16.0 Å². The minimum absolute atomic E-state index is 0.0103. The van der Waals surface area contributed by atoms with Crippen LogP contribution in [0, 0.1) is 17.2 Å². The molecule has 0 aromatic carbocycles. The van der Waals surface area contributed by atoms with Crippen molar-refractivity contribution in [1.82, 2.24) is 5.32 Å². The van der Waals surface area contributed by atoms with Gasteiger partial charge in [0.1, 0.15) is 11.1 Å². The number of anilines is 1. The summed E-state index contributed by atoms with van der Waals surface area (Å²) in [6.07, 6.45) is 5.56. The summed E-state index contributed by atoms with van der Waals surface area (Å²) >= 11 is 1.59. The van der Waals surface area contributed by atoms with Crippen LogP contribution in [0.4, 0.5) is 5.00 Å². The Labute approximate surface area is 130 Å². The molecule has 1 aliphatic rings. The molecular weight excluding hydrogens is 282 g/mol. The first-order valence-electron chi connectivity index (χ1n) is 7.73. The van der Waals surface area contributed by atoms with Crippen molar-refractivity contribution in [3.8, 4) is 6.07 Å². The number of hydrogen-bond acceptors (Lipinski definition) is 4. The van der Waals surface area contributed by atoms with Crippen molar-refractivity contribution in [1.29, 1.82) is 5.26 Å². The number of aryl methyl sites for hydroxylation is 1. The van der Waals surface area contributed by atoms with E-state index in [0.717, 1.165) is 30.8 Å². The smallest absolute Gasteiger partial charge is 0.229 e. The molecule has 1 aliphatic carbocycles. The quantitative estimate of drug-likeness (QED) is 0.822. The van der Waals surface area contributed by atoms with Crippen LogP contribution in [-0.2, 0) is 17.6 Å². The second kappa shape index (κ2) is 7.58. The highest BCUT2D eigenvalue weighted by molar-refractivity contribution is 7.16. The summed E-state index contributed by atoms with van der Waals surface area (Å²) in [6, 6.07) is 2.30. The van der Waals surface area contributed by atoms with Crippen LogP contribution in [0.25, 0.3) is 0 Å². The summed E-state index contributed by atoms with van der Waals surface area (Å²) in [4.78, 5) is 13.5. The van der Waals surface area contributed by atoms with Gasteiger partial charge < -0.3 is 10.6 Å². The number of nitrogens with one attached hydrogen (secondary N) is 2. The highest BCUT2D eigenvalue weighted by Crippen LogP contribution is 2.37. The fourth-order valence-electron chi connectivity index (χ4n) is 2.64. The van der Waals surface area contributed by atoms with Crippen LogP contribution < -0.4 is 10.6 Å². The first-order valence-corrected chi connectivity index (χ1v) is 8.55. The van der Waals surface area contributed by atoms with Gasteiger partial charge in [0.05, 0.1) is 5.56 Å². The highest BCUT2D eigenvalue weighted by Gasteiger charge is 2.22. The molecule has 0 aliphatic heterocycles. The number of thiophene rings is 1. The van der Waals surface area contributed by atoms with Crippen LogP contribution in [0.15, 0.2) is 0 Å². The molecule has 0 fully saturated rings. The zero-order valence-electron chi connectivity index (χ0n) is 12.8. The maximum atomic E-state index is 12.2. The van der Waals surface area contributed by atoms with E-state index in [-0.39, 0.29) is 11.8 Å². The Morgan fingerprint density at radius 1 is 1.38 bits per heavy atom. The largest absolute Gasteiger partial charge is 0.316 e. The summed E-state index contributed by atoms with van der Waals surface area (Å²) in [5.41, 5.74) is 1.87. The fourth-order valence-corrected chi connectivity index (χ4v) is 3.88. The predicted molar refractivity (Wildman–Crippen MR) is 86.6 cm³/mol. The molecule has 0 saturated heterocycles. The van der Waals surface area contributed by atoms with E-state index in [0.29, 0.717) is 12.1 Å². The second-order valence-electron chi connectivity index (χ2n) is 5.58. The Morgan fingerprint density at radius 2 is 2.14 bits per heavy atom. The molecule has 0 saturated carbocycles. The Bertz CT molecular complexity index is 544. The molecule has 5 heteroatoms. The van der Waals surface area contributed by atoms with Gasteiger partial charge >= 0.3 is 0 Å². The third-order valence-electron chi connectivity index (χ3n) is 3.92. The van der Waals surface area contributed by atoms with Crippen molar-refractivity contribution in [3.63, 3.8) is 0 Å². The minimum Gasteiger partial charge on any atom is -0.316 e. The molecule has 0 radical (unpaired) electrons. The zero-order chi connectivity index (χ0) is 15.2. The molecular formula is C16H23N3OS. The molecule has 1 aromatic rings. The average Bonchev–Trinajstić information content (AvgIpc) is 2.65. The third-order valence-corrected chi connectivity index (χ3v) is 5.13. The summed E-state index contributed by atoms with van der Waals surface area (Å²) in [5.74, 6) is -0.109. The van der Waals surface area contributed by atoms with Gasteiger partial charge in [-0.05, 0) is 37.8 Å². The molecule has 2 rings (SSSR count). The molecule has 4 nitrogen and oxygen atoms in total. The van der Waals surface area contributed by atoms with E-state index in [1.807, 2.05) is 13.8 Å². The molecule has 0 bridgehead atoms. The number of hydrogen-bond donors (Lipinski definition) is 2. The Morgan fingerprint density at radius 3 is 2.86 bits per heavy atom. The van der Waals surface area contributed by atoms with Gasteiger partial charge in [-0.15, -0.1) is 11.3 Å². The summed E-state index contributed by atoms with van der Waals surface area (Å²) in [7, 11) is 0. The van der Waals surface area contributed by atoms with Gasteiger partial charge in [0.25, 0.3) is 0 Å². The van der Waals surface area contributed by atoms with Crippen molar-refractivity contribution in [2.75, 3.05) is 18.4 Å². The number of nitrogens with zero attached hydrogens (tertiary/aromatic N) is 1. The first-order chi connectivity index (χ1) is 10.2. The zero-order valence-corrected chi connectivity index (χ0v) is 13.6. The fraction of sp³-hybridized carbons (Fsp3) is 0.625. The van der Waals surface area contributed by atoms with Crippen LogP contribution in [0.5, 0.6) is 0 Å². The first kappa shape index (κ1) is 16.0. The number of amides is 1. The van der Waals surface area contributed by atoms with E-state index in [4.69, 9.17) is 0 Å². The van der Waals surface area contributed by atoms with Crippen molar-refractivity contribution in [2.24, 2.45) is 5.92 Å². The lowest BCUT2D eigenvalue weighted by Gasteiger charge is -2.11. The van der Waals surface area contributed by atoms with E-state index in [2.05, 4.69) is 16.7 Å². The lowest BCUT2D eigenvalue weighted by molar-refractivity contribution is -0.119. The summed E-state index contributed by atoms with van der Waals surface area (Å²) < 4.78 is 0. The molecule has 0 spiro atoms. The number of fused-ring (bicyclic) bond motifs is 1. The van der Waals surface area contributed by atoms with E-state index in [1.54, 1.807) is 11.3 Å². The maximum absolute atomic E-state index is 12.2. The molecule has 21 heavy (non-hydrogen) atoms. The van der Waals surface area contributed by atoms with Gasteiger partial charge in [0, 0.05) is 17.3 Å². The topological polar surface area (TPSA) is 64.9 Å². The molecule has 1 unspecified atom stereocenters. The van der Waals surface area contributed by atoms with Gasteiger partial charge in [-0.25, -0.2) is 0 Å². The van der Waals surface area contributed by atoms with Gasteiger partial charge in [-0.3, -0.25) is 4.79 Å². The van der Waals surface area contributed by atoms with Crippen LogP contribution in [0.1, 0.15) is 49.1 Å². The lowest BCUT2D eigenvalue weighted by atomic mass is 10.1. The van der Waals surface area contributed by atoms with Gasteiger partial charge in [0.15, 0.2) is 0 Å². The predicted octanol–water partition coefficient (Wildman–Crippen LogP) is 3.07. The number of nitriles is 1. The van der Waals surface area contributed by atoms with E-state index < -0.39 is 0 Å². The Kier molecular flexibility index (Phi) is 5.77. The molecule has 1 atom stereocenters. The molecule has 2 N–H and O–H groups in total. The van der Waals surface area contributed by atoms with Crippen LogP contribution in [-0.4, -0.2) is 19.0 Å². The molecule has 1 aromatic heterocycles. The van der Waals surface area contributed by atoms with Gasteiger partial charge in [-0.2, -0.15) is 5.26 Å². The van der Waals surface area contributed by atoms with Gasteiger partial charge in [-0.1, -0.05) is 20.3 Å². The second-order valence-corrected chi connectivity index (χ2v) is 6.68. The highest BCUT2D eigenvalue weighted by atomic mass is 32.1. The number of rotatable bonds is 5. The van der Waals surface area contributed by atoms with E-state index in [1.165, 1.54) is 23.3 Å². The van der Waals surface area contributed by atoms with E-state index >= 15 is 0 Å². The Balaban J connectivity index is 2.13. The maximum Gasteiger partial charge on any atom is 0.229 e. The number of carbonyl (C=O) groups is 1. The summed E-state index contributed by atoms with van der Waals surface area (Å²) in [5, 5.41) is 16.3. The van der Waals surface area contributed by atoms with Crippen molar-refractivity contribution in [2.45, 2.75) is 46.0 Å². The third kappa shape index (κ3) is 3.84. The molecule has 1 heterocycles. The van der Waals surface area contributed by atoms with Crippen molar-refractivity contribution < 1.29 is 4.79 Å². The lowest BCUT2D eigenvalue weighted by Crippen LogP contribution is -2.30. The Hall–Kier alpha value is -1.38. The standard InChI is InChI=1S/C16H23N3OS/c1-3-18-10-11(2)15(20)19-16-13(9-17)12-7-5-4-6-8-14(12)21-16/h11,18H,3-8,10H2,1-2H3,(H,19,20). The van der Waals surface area contributed by atoms with Gasteiger partial charge in [0.2, 0.25) is 5.91 Å². The average molecular weight is 305 g/mol. The molecule has 114 valence electrons. The van der Waals surface area contributed by atoms with Crippen LogP contribution in [0.2, 0.25) is 0 Å². The monoisotopic (exact) mass is 305 g/mol. The summed E-state index contributed by atoms with van der Waals surface area (Å²) in [6.45, 7) is 5.45. The normalized spacial score (nSPS) is 15.7. The van der Waals surface area contributed by atoms with Crippen molar-refractivity contribution >= 4 is 22.2 Å².